The third-order valence-corrected chi connectivity index (χ3v) is 4.36. The van der Waals surface area contributed by atoms with Gasteiger partial charge in [0.1, 0.15) is 0 Å². The maximum Gasteiger partial charge on any atom is 0.273 e. The van der Waals surface area contributed by atoms with Crippen LogP contribution in [0.1, 0.15) is 24.8 Å². The first kappa shape index (κ1) is 16.2. The molecule has 0 amide bonds. The normalized spacial score (nSPS) is 17.0. The van der Waals surface area contributed by atoms with Gasteiger partial charge < -0.3 is 10.2 Å². The molecular weight excluding hydrogens is 290 g/mol. The first-order valence-corrected chi connectivity index (χ1v) is 7.76. The Labute approximate surface area is 130 Å². The average Bonchev–Trinajstić information content (AvgIpc) is 2.45. The van der Waals surface area contributed by atoms with Crippen LogP contribution < -0.4 is 5.32 Å². The number of nitro benzene ring substituents is 1. The maximum atomic E-state index is 11.0. The number of halogens is 1. The van der Waals surface area contributed by atoms with Gasteiger partial charge in [0.2, 0.25) is 0 Å². The molecule has 1 saturated heterocycles. The second kappa shape index (κ2) is 7.73. The lowest BCUT2D eigenvalue weighted by atomic mass is 9.94. The average molecular weight is 312 g/mol. The number of benzene rings is 1. The van der Waals surface area contributed by atoms with Crippen molar-refractivity contribution in [2.45, 2.75) is 25.8 Å². The summed E-state index contributed by atoms with van der Waals surface area (Å²) in [6.45, 7) is 3.72. The summed E-state index contributed by atoms with van der Waals surface area (Å²) < 4.78 is 0. The van der Waals surface area contributed by atoms with Crippen LogP contribution in [-0.2, 0) is 6.54 Å². The van der Waals surface area contributed by atoms with Crippen molar-refractivity contribution in [2.75, 3.05) is 26.7 Å². The van der Waals surface area contributed by atoms with Crippen LogP contribution >= 0.6 is 11.6 Å². The van der Waals surface area contributed by atoms with E-state index in [9.17, 15) is 10.1 Å². The Morgan fingerprint density at radius 3 is 2.81 bits per heavy atom. The summed E-state index contributed by atoms with van der Waals surface area (Å²) in [4.78, 5) is 13.0. The third-order valence-electron chi connectivity index (χ3n) is 4.12. The topological polar surface area (TPSA) is 58.4 Å². The van der Waals surface area contributed by atoms with E-state index in [-0.39, 0.29) is 10.6 Å². The summed E-state index contributed by atoms with van der Waals surface area (Å²) >= 11 is 5.91. The Morgan fingerprint density at radius 2 is 2.14 bits per heavy atom. The molecule has 0 atom stereocenters. The lowest BCUT2D eigenvalue weighted by Crippen LogP contribution is -2.31. The van der Waals surface area contributed by atoms with Crippen molar-refractivity contribution >= 4 is 17.3 Å². The minimum Gasteiger partial charge on any atom is -0.312 e. The van der Waals surface area contributed by atoms with Gasteiger partial charge in [-0.1, -0.05) is 11.6 Å². The van der Waals surface area contributed by atoms with Gasteiger partial charge in [0.25, 0.3) is 5.69 Å². The predicted molar refractivity (Wildman–Crippen MR) is 84.7 cm³/mol. The SMILES string of the molecule is CN1CCC(CCNCc2cc(Cl)ccc2[N+](=O)[O-])CC1. The van der Waals surface area contributed by atoms with Crippen molar-refractivity contribution in [1.82, 2.24) is 10.2 Å². The van der Waals surface area contributed by atoms with E-state index in [0.717, 1.165) is 18.9 Å². The van der Waals surface area contributed by atoms with Crippen LogP contribution in [0.3, 0.4) is 0 Å². The number of hydrogen-bond acceptors (Lipinski definition) is 4. The van der Waals surface area contributed by atoms with E-state index in [1.54, 1.807) is 12.1 Å². The first-order valence-electron chi connectivity index (χ1n) is 7.38. The van der Waals surface area contributed by atoms with Crippen LogP contribution in [0.15, 0.2) is 18.2 Å². The monoisotopic (exact) mass is 311 g/mol. The molecule has 1 N–H and O–H groups in total. The minimum atomic E-state index is -0.357. The molecule has 2 rings (SSSR count). The van der Waals surface area contributed by atoms with Crippen LogP contribution in [-0.4, -0.2) is 36.5 Å². The predicted octanol–water partition coefficient (Wildman–Crippen LogP) is 3.07. The van der Waals surface area contributed by atoms with Crippen molar-refractivity contribution in [3.8, 4) is 0 Å². The summed E-state index contributed by atoms with van der Waals surface area (Å²) in [5.41, 5.74) is 0.780. The molecule has 0 saturated carbocycles. The molecule has 1 aromatic rings. The van der Waals surface area contributed by atoms with Gasteiger partial charge in [-0.15, -0.1) is 0 Å². The van der Waals surface area contributed by atoms with Gasteiger partial charge in [0, 0.05) is 23.2 Å². The van der Waals surface area contributed by atoms with Gasteiger partial charge in [0.15, 0.2) is 0 Å². The molecule has 0 bridgehead atoms. The smallest absolute Gasteiger partial charge is 0.273 e. The van der Waals surface area contributed by atoms with Crippen molar-refractivity contribution < 1.29 is 4.92 Å². The number of nitrogens with zero attached hydrogens (tertiary/aromatic N) is 2. The second-order valence-electron chi connectivity index (χ2n) is 5.74. The number of hydrogen-bond donors (Lipinski definition) is 1. The summed E-state index contributed by atoms with van der Waals surface area (Å²) in [7, 11) is 2.16. The molecule has 1 aromatic carbocycles. The molecule has 1 fully saturated rings. The zero-order valence-corrected chi connectivity index (χ0v) is 13.1. The molecule has 0 aromatic heterocycles. The molecule has 5 nitrogen and oxygen atoms in total. The first-order chi connectivity index (χ1) is 10.1. The van der Waals surface area contributed by atoms with Gasteiger partial charge in [0.05, 0.1) is 4.92 Å². The van der Waals surface area contributed by atoms with Crippen LogP contribution in [0.4, 0.5) is 5.69 Å². The van der Waals surface area contributed by atoms with E-state index < -0.39 is 0 Å². The fraction of sp³-hybridized carbons (Fsp3) is 0.600. The highest BCUT2D eigenvalue weighted by Gasteiger charge is 2.17. The Bertz CT molecular complexity index is 488. The minimum absolute atomic E-state index is 0.131. The van der Waals surface area contributed by atoms with E-state index in [4.69, 9.17) is 11.6 Å². The molecular formula is C15H22ClN3O2. The highest BCUT2D eigenvalue weighted by Crippen LogP contribution is 2.23. The van der Waals surface area contributed by atoms with Gasteiger partial charge in [-0.3, -0.25) is 10.1 Å². The largest absolute Gasteiger partial charge is 0.312 e. The fourth-order valence-corrected chi connectivity index (χ4v) is 2.95. The molecule has 0 aliphatic carbocycles. The number of piperidine rings is 1. The second-order valence-corrected chi connectivity index (χ2v) is 6.18. The zero-order valence-electron chi connectivity index (χ0n) is 12.3. The highest BCUT2D eigenvalue weighted by molar-refractivity contribution is 6.30. The van der Waals surface area contributed by atoms with Crippen molar-refractivity contribution in [1.29, 1.82) is 0 Å². The molecule has 1 heterocycles. The van der Waals surface area contributed by atoms with Gasteiger partial charge in [-0.2, -0.15) is 0 Å². The molecule has 0 radical (unpaired) electrons. The molecule has 21 heavy (non-hydrogen) atoms. The van der Waals surface area contributed by atoms with E-state index in [2.05, 4.69) is 17.3 Å². The van der Waals surface area contributed by atoms with Crippen molar-refractivity contribution in [3.63, 3.8) is 0 Å². The lowest BCUT2D eigenvalue weighted by molar-refractivity contribution is -0.385. The van der Waals surface area contributed by atoms with E-state index in [1.807, 2.05) is 0 Å². The number of rotatable bonds is 6. The number of nitrogens with one attached hydrogen (secondary N) is 1. The van der Waals surface area contributed by atoms with Crippen molar-refractivity contribution in [3.05, 3.63) is 38.9 Å². The molecule has 0 spiro atoms. The van der Waals surface area contributed by atoms with Crippen LogP contribution in [0.2, 0.25) is 5.02 Å². The Hall–Kier alpha value is -1.17. The zero-order chi connectivity index (χ0) is 15.2. The summed E-state index contributed by atoms with van der Waals surface area (Å²) in [6, 6.07) is 4.69. The third kappa shape index (κ3) is 4.95. The van der Waals surface area contributed by atoms with Gasteiger partial charge in [-0.05, 0) is 64.0 Å². The Kier molecular flexibility index (Phi) is 5.96. The van der Waals surface area contributed by atoms with E-state index in [0.29, 0.717) is 17.1 Å². The Morgan fingerprint density at radius 1 is 1.43 bits per heavy atom. The molecule has 1 aliphatic heterocycles. The van der Waals surface area contributed by atoms with Gasteiger partial charge >= 0.3 is 0 Å². The maximum absolute atomic E-state index is 11.0. The molecule has 0 unspecified atom stereocenters. The van der Waals surface area contributed by atoms with Crippen molar-refractivity contribution in [2.24, 2.45) is 5.92 Å². The van der Waals surface area contributed by atoms with Gasteiger partial charge in [-0.25, -0.2) is 0 Å². The molecule has 6 heteroatoms. The van der Waals surface area contributed by atoms with E-state index in [1.165, 1.54) is 32.0 Å². The standard InChI is InChI=1S/C15H22ClN3O2/c1-18-8-5-12(6-9-18)4-7-17-11-13-10-14(16)2-3-15(13)19(20)21/h2-3,10,12,17H,4-9,11H2,1H3. The number of nitro groups is 1. The van der Waals surface area contributed by atoms with Crippen LogP contribution in [0.5, 0.6) is 0 Å². The Balaban J connectivity index is 1.78. The summed E-state index contributed by atoms with van der Waals surface area (Å²) in [5, 5.41) is 14.8. The van der Waals surface area contributed by atoms with E-state index >= 15 is 0 Å². The van der Waals surface area contributed by atoms with Crippen LogP contribution in [0.25, 0.3) is 0 Å². The highest BCUT2D eigenvalue weighted by atomic mass is 35.5. The fourth-order valence-electron chi connectivity index (χ4n) is 2.75. The lowest BCUT2D eigenvalue weighted by Gasteiger charge is -2.28. The molecule has 1 aliphatic rings. The van der Waals surface area contributed by atoms with Crippen LogP contribution in [0, 0.1) is 16.0 Å². The number of likely N-dealkylation sites (tertiary alicyclic amines) is 1. The summed E-state index contributed by atoms with van der Waals surface area (Å²) in [5.74, 6) is 0.767. The quantitative estimate of drug-likeness (QED) is 0.498. The molecule has 116 valence electrons. The summed E-state index contributed by atoms with van der Waals surface area (Å²) in [6.07, 6.45) is 3.62.